The number of aromatic nitrogens is 2. The lowest BCUT2D eigenvalue weighted by Gasteiger charge is -2.38. The van der Waals surface area contributed by atoms with Gasteiger partial charge in [0.25, 0.3) is 0 Å². The molecule has 0 saturated carbocycles. The van der Waals surface area contributed by atoms with E-state index in [0.717, 1.165) is 63.8 Å². The zero-order chi connectivity index (χ0) is 20.2. The third-order valence-corrected chi connectivity index (χ3v) is 7.71. The Morgan fingerprint density at radius 1 is 1.34 bits per heavy atom. The average Bonchev–Trinajstić information content (AvgIpc) is 3.45. The van der Waals surface area contributed by atoms with Crippen LogP contribution in [0.5, 0.6) is 0 Å². The summed E-state index contributed by atoms with van der Waals surface area (Å²) in [6.45, 7) is 6.03. The van der Waals surface area contributed by atoms with Gasteiger partial charge in [0, 0.05) is 30.1 Å². The Kier molecular flexibility index (Phi) is 4.66. The highest BCUT2D eigenvalue weighted by Gasteiger charge is 2.66. The molecule has 0 aromatic carbocycles. The molecule has 0 radical (unpaired) electrons. The summed E-state index contributed by atoms with van der Waals surface area (Å²) < 4.78 is 5.21. The SMILES string of the molecule is CCOC(=O)c1[nH]ncc1[C@@H]1C[C@H]2CN(C3CCN(C)CC3)C(=O)[C@]23CCCN13. The number of hydrogen-bond acceptors (Lipinski definition) is 6. The summed E-state index contributed by atoms with van der Waals surface area (Å²) in [5, 5.41) is 6.97. The molecule has 4 fully saturated rings. The number of nitrogens with one attached hydrogen (secondary N) is 1. The van der Waals surface area contributed by atoms with Crippen molar-refractivity contribution in [3.63, 3.8) is 0 Å². The minimum atomic E-state index is -0.378. The second kappa shape index (κ2) is 7.09. The van der Waals surface area contributed by atoms with Crippen molar-refractivity contribution in [3.05, 3.63) is 17.5 Å². The van der Waals surface area contributed by atoms with E-state index in [1.165, 1.54) is 0 Å². The lowest BCUT2D eigenvalue weighted by molar-refractivity contribution is -0.139. The summed E-state index contributed by atoms with van der Waals surface area (Å²) in [6.07, 6.45) is 6.77. The maximum absolute atomic E-state index is 13.8. The topological polar surface area (TPSA) is 81.8 Å². The Balaban J connectivity index is 1.41. The van der Waals surface area contributed by atoms with Crippen LogP contribution in [0.25, 0.3) is 0 Å². The van der Waals surface area contributed by atoms with Crippen molar-refractivity contribution in [2.24, 2.45) is 5.92 Å². The van der Waals surface area contributed by atoms with E-state index in [9.17, 15) is 9.59 Å². The van der Waals surface area contributed by atoms with Crippen molar-refractivity contribution < 1.29 is 14.3 Å². The van der Waals surface area contributed by atoms with Crippen LogP contribution in [-0.2, 0) is 9.53 Å². The maximum atomic E-state index is 13.8. The Labute approximate surface area is 171 Å². The van der Waals surface area contributed by atoms with Crippen LogP contribution in [0.3, 0.4) is 0 Å². The first-order valence-corrected chi connectivity index (χ1v) is 11.0. The molecule has 0 unspecified atom stereocenters. The van der Waals surface area contributed by atoms with Gasteiger partial charge >= 0.3 is 5.97 Å². The number of nitrogens with zero attached hydrogens (tertiary/aromatic N) is 4. The number of esters is 1. The van der Waals surface area contributed by atoms with Gasteiger partial charge in [0.05, 0.1) is 12.8 Å². The van der Waals surface area contributed by atoms with E-state index in [1.807, 2.05) is 0 Å². The third kappa shape index (κ3) is 2.75. The standard InChI is InChI=1S/C21H31N5O3/c1-3-29-19(27)18-16(12-22-23-18)17-11-14-13-25(15-5-9-24(2)10-6-15)20(28)21(14)7-4-8-26(17)21/h12,14-15,17H,3-11,13H2,1-2H3,(H,22,23)/t14-,17-,21-/m0/s1. The summed E-state index contributed by atoms with van der Waals surface area (Å²) in [4.78, 5) is 33.1. The maximum Gasteiger partial charge on any atom is 0.356 e. The van der Waals surface area contributed by atoms with Gasteiger partial charge in [-0.2, -0.15) is 5.10 Å². The molecule has 5 heterocycles. The number of H-pyrrole nitrogens is 1. The van der Waals surface area contributed by atoms with E-state index in [4.69, 9.17) is 4.74 Å². The predicted octanol–water partition coefficient (Wildman–Crippen LogP) is 1.42. The molecular weight excluding hydrogens is 370 g/mol. The molecule has 0 bridgehead atoms. The summed E-state index contributed by atoms with van der Waals surface area (Å²) in [6, 6.07) is 0.438. The second-order valence-corrected chi connectivity index (χ2v) is 9.08. The molecule has 1 amide bonds. The molecular formula is C21H31N5O3. The number of carbonyl (C=O) groups is 2. The van der Waals surface area contributed by atoms with Crippen molar-refractivity contribution in [1.29, 1.82) is 0 Å². The van der Waals surface area contributed by atoms with Crippen molar-refractivity contribution in [2.45, 2.75) is 56.7 Å². The van der Waals surface area contributed by atoms with E-state index in [-0.39, 0.29) is 17.6 Å². The zero-order valence-corrected chi connectivity index (χ0v) is 17.4. The van der Waals surface area contributed by atoms with E-state index < -0.39 is 0 Å². The molecule has 8 heteroatoms. The molecule has 1 aromatic rings. The largest absolute Gasteiger partial charge is 0.461 e. The van der Waals surface area contributed by atoms with E-state index >= 15 is 0 Å². The van der Waals surface area contributed by atoms with Crippen LogP contribution < -0.4 is 0 Å². The lowest BCUT2D eigenvalue weighted by atomic mass is 9.85. The second-order valence-electron chi connectivity index (χ2n) is 9.08. The molecule has 1 spiro atoms. The van der Waals surface area contributed by atoms with Gasteiger partial charge in [-0.1, -0.05) is 0 Å². The normalized spacial score (nSPS) is 33.3. The molecule has 4 saturated heterocycles. The average molecular weight is 402 g/mol. The fourth-order valence-electron chi connectivity index (χ4n) is 6.36. The van der Waals surface area contributed by atoms with Gasteiger partial charge in [-0.15, -0.1) is 0 Å². The summed E-state index contributed by atoms with van der Waals surface area (Å²) >= 11 is 0. The fourth-order valence-corrected chi connectivity index (χ4v) is 6.36. The van der Waals surface area contributed by atoms with Gasteiger partial charge in [-0.05, 0) is 65.7 Å². The molecule has 5 rings (SSSR count). The molecule has 1 aromatic heterocycles. The lowest BCUT2D eigenvalue weighted by Crippen LogP contribution is -2.52. The van der Waals surface area contributed by atoms with Crippen molar-refractivity contribution >= 4 is 11.9 Å². The van der Waals surface area contributed by atoms with Crippen molar-refractivity contribution in [1.82, 2.24) is 24.9 Å². The van der Waals surface area contributed by atoms with Gasteiger partial charge in [0.2, 0.25) is 5.91 Å². The minimum absolute atomic E-state index is 0.0595. The molecule has 1 N–H and O–H groups in total. The number of aromatic amines is 1. The Hall–Kier alpha value is -1.93. The molecule has 0 aliphatic carbocycles. The number of rotatable bonds is 4. The zero-order valence-electron chi connectivity index (χ0n) is 17.4. The highest BCUT2D eigenvalue weighted by atomic mass is 16.5. The first-order chi connectivity index (χ1) is 14.1. The number of ether oxygens (including phenoxy) is 1. The van der Waals surface area contributed by atoms with E-state index in [2.05, 4.69) is 31.9 Å². The molecule has 4 aliphatic heterocycles. The van der Waals surface area contributed by atoms with Crippen LogP contribution >= 0.6 is 0 Å². The number of piperidine rings is 1. The number of hydrogen-bond donors (Lipinski definition) is 1. The van der Waals surface area contributed by atoms with Gasteiger partial charge in [0.1, 0.15) is 11.2 Å². The van der Waals surface area contributed by atoms with E-state index in [0.29, 0.717) is 30.2 Å². The van der Waals surface area contributed by atoms with Gasteiger partial charge < -0.3 is 14.5 Å². The highest BCUT2D eigenvalue weighted by molar-refractivity contribution is 5.91. The monoisotopic (exact) mass is 401 g/mol. The first kappa shape index (κ1) is 19.1. The number of amides is 1. The Morgan fingerprint density at radius 2 is 2.14 bits per heavy atom. The number of likely N-dealkylation sites (tertiary alicyclic amines) is 2. The molecule has 3 atom stereocenters. The Bertz CT molecular complexity index is 802. The molecule has 29 heavy (non-hydrogen) atoms. The van der Waals surface area contributed by atoms with E-state index in [1.54, 1.807) is 13.1 Å². The van der Waals surface area contributed by atoms with Crippen LogP contribution in [-0.4, -0.2) is 88.2 Å². The molecule has 4 aliphatic rings. The van der Waals surface area contributed by atoms with Gasteiger partial charge in [-0.25, -0.2) is 4.79 Å². The van der Waals surface area contributed by atoms with Gasteiger partial charge in [-0.3, -0.25) is 14.8 Å². The van der Waals surface area contributed by atoms with Crippen molar-refractivity contribution in [3.8, 4) is 0 Å². The van der Waals surface area contributed by atoms with Crippen LogP contribution in [0.15, 0.2) is 6.20 Å². The highest BCUT2D eigenvalue weighted by Crippen LogP contribution is 2.56. The molecule has 8 nitrogen and oxygen atoms in total. The third-order valence-electron chi connectivity index (χ3n) is 7.71. The number of carbonyl (C=O) groups excluding carboxylic acids is 2. The quantitative estimate of drug-likeness (QED) is 0.769. The van der Waals surface area contributed by atoms with Crippen LogP contribution in [0.1, 0.15) is 61.1 Å². The first-order valence-electron chi connectivity index (χ1n) is 11.0. The predicted molar refractivity (Wildman–Crippen MR) is 106 cm³/mol. The van der Waals surface area contributed by atoms with Crippen LogP contribution in [0.4, 0.5) is 0 Å². The van der Waals surface area contributed by atoms with Crippen molar-refractivity contribution in [2.75, 3.05) is 39.8 Å². The minimum Gasteiger partial charge on any atom is -0.461 e. The summed E-state index contributed by atoms with van der Waals surface area (Å²) in [5.74, 6) is 0.301. The van der Waals surface area contributed by atoms with Crippen LogP contribution in [0, 0.1) is 5.92 Å². The van der Waals surface area contributed by atoms with Crippen LogP contribution in [0.2, 0.25) is 0 Å². The Morgan fingerprint density at radius 3 is 2.90 bits per heavy atom. The summed E-state index contributed by atoms with van der Waals surface area (Å²) in [5.41, 5.74) is 0.952. The van der Waals surface area contributed by atoms with Gasteiger partial charge in [0.15, 0.2) is 0 Å². The smallest absolute Gasteiger partial charge is 0.356 e. The summed E-state index contributed by atoms with van der Waals surface area (Å²) in [7, 11) is 2.16. The molecule has 158 valence electrons. The fraction of sp³-hybridized carbons (Fsp3) is 0.762.